The zero-order chi connectivity index (χ0) is 20.4. The third-order valence-corrected chi connectivity index (χ3v) is 5.82. The molecule has 29 heavy (non-hydrogen) atoms. The van der Waals surface area contributed by atoms with Crippen LogP contribution in [0.25, 0.3) is 11.1 Å². The maximum absolute atomic E-state index is 11.2. The first-order chi connectivity index (χ1) is 14.0. The van der Waals surface area contributed by atoms with Crippen molar-refractivity contribution in [2.75, 3.05) is 0 Å². The summed E-state index contributed by atoms with van der Waals surface area (Å²) in [4.78, 5) is 11.2. The summed E-state index contributed by atoms with van der Waals surface area (Å²) in [5.41, 5.74) is 5.87. The van der Waals surface area contributed by atoms with Gasteiger partial charge in [0.2, 0.25) is 0 Å². The molecule has 3 heteroatoms. The van der Waals surface area contributed by atoms with Gasteiger partial charge >= 0.3 is 5.97 Å². The summed E-state index contributed by atoms with van der Waals surface area (Å²) >= 11 is 0. The van der Waals surface area contributed by atoms with Crippen LogP contribution in [0.3, 0.4) is 0 Å². The van der Waals surface area contributed by atoms with Crippen molar-refractivity contribution < 1.29 is 14.6 Å². The van der Waals surface area contributed by atoms with E-state index in [-0.39, 0.29) is 5.60 Å². The number of para-hydroxylation sites is 1. The van der Waals surface area contributed by atoms with Gasteiger partial charge in [0.1, 0.15) is 11.4 Å². The Morgan fingerprint density at radius 2 is 1.69 bits per heavy atom. The Kier molecular flexibility index (Phi) is 5.14. The molecule has 0 fully saturated rings. The van der Waals surface area contributed by atoms with E-state index in [1.807, 2.05) is 12.1 Å². The number of rotatable bonds is 5. The average molecular weight is 386 g/mol. The van der Waals surface area contributed by atoms with E-state index in [0.717, 1.165) is 42.6 Å². The number of ether oxygens (including phenoxy) is 1. The molecule has 0 aromatic heterocycles. The standard InChI is InChI=1S/C26H26O3/c1-3-18-7-9-19(10-8-18)17-26(2)16-15-21-5-4-6-23(24(21)29-26)20-11-13-22(14-12-20)25(27)28/h4-14H,3,15-17H2,1-2H3,(H,27,28)/t26-/m0/s1. The summed E-state index contributed by atoms with van der Waals surface area (Å²) in [5, 5.41) is 9.16. The Labute approximate surface area is 172 Å². The largest absolute Gasteiger partial charge is 0.486 e. The second kappa shape index (κ2) is 7.75. The molecule has 3 aromatic rings. The highest BCUT2D eigenvalue weighted by Crippen LogP contribution is 2.41. The molecule has 1 heterocycles. The van der Waals surface area contributed by atoms with Crippen molar-refractivity contribution in [3.63, 3.8) is 0 Å². The molecule has 1 aliphatic rings. The summed E-state index contributed by atoms with van der Waals surface area (Å²) in [6.07, 6.45) is 3.85. The number of aryl methyl sites for hydroxylation is 2. The predicted molar refractivity (Wildman–Crippen MR) is 116 cm³/mol. The van der Waals surface area contributed by atoms with E-state index in [1.165, 1.54) is 16.7 Å². The van der Waals surface area contributed by atoms with Gasteiger partial charge in [-0.3, -0.25) is 0 Å². The minimum Gasteiger partial charge on any atom is -0.486 e. The van der Waals surface area contributed by atoms with E-state index in [0.29, 0.717) is 5.56 Å². The van der Waals surface area contributed by atoms with Gasteiger partial charge in [-0.05, 0) is 60.6 Å². The molecule has 0 saturated carbocycles. The van der Waals surface area contributed by atoms with Crippen LogP contribution in [0.15, 0.2) is 66.7 Å². The zero-order valence-electron chi connectivity index (χ0n) is 16.9. The van der Waals surface area contributed by atoms with E-state index in [1.54, 1.807) is 12.1 Å². The number of fused-ring (bicyclic) bond motifs is 1. The maximum atomic E-state index is 11.2. The molecule has 0 bridgehead atoms. The molecule has 0 spiro atoms. The molecule has 0 saturated heterocycles. The summed E-state index contributed by atoms with van der Waals surface area (Å²) in [7, 11) is 0. The zero-order valence-corrected chi connectivity index (χ0v) is 16.9. The normalized spacial score (nSPS) is 18.0. The summed E-state index contributed by atoms with van der Waals surface area (Å²) < 4.78 is 6.63. The SMILES string of the molecule is CCc1ccc(C[C@]2(C)CCc3cccc(-c4ccc(C(=O)O)cc4)c3O2)cc1. The van der Waals surface area contributed by atoms with E-state index < -0.39 is 5.97 Å². The molecule has 1 N–H and O–H groups in total. The van der Waals surface area contributed by atoms with E-state index in [2.05, 4.69) is 56.3 Å². The Morgan fingerprint density at radius 3 is 2.34 bits per heavy atom. The van der Waals surface area contributed by atoms with Gasteiger partial charge in [0.15, 0.2) is 0 Å². The lowest BCUT2D eigenvalue weighted by Crippen LogP contribution is -2.38. The Morgan fingerprint density at radius 1 is 1.00 bits per heavy atom. The molecular formula is C26H26O3. The predicted octanol–water partition coefficient (Wildman–Crippen LogP) is 5.94. The molecule has 0 amide bonds. The van der Waals surface area contributed by atoms with Gasteiger partial charge in [-0.25, -0.2) is 4.79 Å². The second-order valence-electron chi connectivity index (χ2n) is 8.08. The van der Waals surface area contributed by atoms with Crippen molar-refractivity contribution in [1.29, 1.82) is 0 Å². The van der Waals surface area contributed by atoms with Crippen LogP contribution in [0, 0.1) is 0 Å². The first-order valence-electron chi connectivity index (χ1n) is 10.2. The number of carboxylic acid groups (broad SMARTS) is 1. The fourth-order valence-electron chi connectivity index (χ4n) is 4.07. The topological polar surface area (TPSA) is 46.5 Å². The molecule has 3 aromatic carbocycles. The molecule has 148 valence electrons. The fraction of sp³-hybridized carbons (Fsp3) is 0.269. The van der Waals surface area contributed by atoms with Crippen LogP contribution < -0.4 is 4.74 Å². The number of hydrogen-bond donors (Lipinski definition) is 1. The molecule has 1 atom stereocenters. The van der Waals surface area contributed by atoms with Crippen molar-refractivity contribution in [3.8, 4) is 16.9 Å². The summed E-state index contributed by atoms with van der Waals surface area (Å²) in [6, 6.07) is 22.1. The third-order valence-electron chi connectivity index (χ3n) is 5.82. The molecule has 4 rings (SSSR count). The van der Waals surface area contributed by atoms with Crippen molar-refractivity contribution >= 4 is 5.97 Å². The van der Waals surface area contributed by atoms with Crippen LogP contribution in [-0.2, 0) is 19.3 Å². The van der Waals surface area contributed by atoms with Crippen molar-refractivity contribution in [2.45, 2.75) is 45.1 Å². The van der Waals surface area contributed by atoms with Gasteiger partial charge in [0.25, 0.3) is 0 Å². The minimum absolute atomic E-state index is 0.266. The number of carboxylic acids is 1. The van der Waals surface area contributed by atoms with Crippen LogP contribution in [0.1, 0.15) is 47.3 Å². The Balaban J connectivity index is 1.63. The van der Waals surface area contributed by atoms with Gasteiger partial charge in [-0.2, -0.15) is 0 Å². The highest BCUT2D eigenvalue weighted by molar-refractivity contribution is 5.88. The van der Waals surface area contributed by atoms with E-state index in [9.17, 15) is 4.79 Å². The van der Waals surface area contributed by atoms with Crippen molar-refractivity contribution in [3.05, 3.63) is 89.0 Å². The fourth-order valence-corrected chi connectivity index (χ4v) is 4.07. The summed E-state index contributed by atoms with van der Waals surface area (Å²) in [6.45, 7) is 4.36. The highest BCUT2D eigenvalue weighted by atomic mass is 16.5. The average Bonchev–Trinajstić information content (AvgIpc) is 2.74. The lowest BCUT2D eigenvalue weighted by atomic mass is 9.85. The number of benzene rings is 3. The monoisotopic (exact) mass is 386 g/mol. The molecule has 3 nitrogen and oxygen atoms in total. The molecular weight excluding hydrogens is 360 g/mol. The molecule has 1 aliphatic heterocycles. The molecule has 0 unspecified atom stereocenters. The van der Waals surface area contributed by atoms with Gasteiger partial charge in [0.05, 0.1) is 5.56 Å². The number of hydrogen-bond acceptors (Lipinski definition) is 2. The molecule has 0 radical (unpaired) electrons. The van der Waals surface area contributed by atoms with Crippen LogP contribution >= 0.6 is 0 Å². The van der Waals surface area contributed by atoms with Crippen LogP contribution in [0.5, 0.6) is 5.75 Å². The van der Waals surface area contributed by atoms with Crippen LogP contribution in [0.4, 0.5) is 0 Å². The van der Waals surface area contributed by atoms with E-state index in [4.69, 9.17) is 9.84 Å². The number of aromatic carboxylic acids is 1. The first-order valence-corrected chi connectivity index (χ1v) is 10.2. The second-order valence-corrected chi connectivity index (χ2v) is 8.08. The molecule has 0 aliphatic carbocycles. The third kappa shape index (κ3) is 4.04. The van der Waals surface area contributed by atoms with Crippen LogP contribution in [0.2, 0.25) is 0 Å². The highest BCUT2D eigenvalue weighted by Gasteiger charge is 2.33. The quantitative estimate of drug-likeness (QED) is 0.590. The van der Waals surface area contributed by atoms with E-state index >= 15 is 0 Å². The van der Waals surface area contributed by atoms with Crippen molar-refractivity contribution in [2.24, 2.45) is 0 Å². The maximum Gasteiger partial charge on any atom is 0.335 e. The van der Waals surface area contributed by atoms with Gasteiger partial charge in [-0.1, -0.05) is 61.5 Å². The lowest BCUT2D eigenvalue weighted by Gasteiger charge is -2.37. The van der Waals surface area contributed by atoms with Gasteiger partial charge in [0, 0.05) is 12.0 Å². The van der Waals surface area contributed by atoms with Crippen LogP contribution in [-0.4, -0.2) is 16.7 Å². The first kappa shape index (κ1) is 19.3. The van der Waals surface area contributed by atoms with Gasteiger partial charge < -0.3 is 9.84 Å². The minimum atomic E-state index is -0.912. The Bertz CT molecular complexity index is 1020. The Hall–Kier alpha value is -3.07. The van der Waals surface area contributed by atoms with Gasteiger partial charge in [-0.15, -0.1) is 0 Å². The smallest absolute Gasteiger partial charge is 0.335 e. The number of carbonyl (C=O) groups is 1. The van der Waals surface area contributed by atoms with Crippen molar-refractivity contribution in [1.82, 2.24) is 0 Å². The lowest BCUT2D eigenvalue weighted by molar-refractivity contribution is 0.0661. The summed E-state index contributed by atoms with van der Waals surface area (Å²) in [5.74, 6) is 0.0130.